The van der Waals surface area contributed by atoms with Gasteiger partial charge in [0.05, 0.1) is 5.69 Å². The van der Waals surface area contributed by atoms with Crippen molar-refractivity contribution in [2.24, 2.45) is 0 Å². The summed E-state index contributed by atoms with van der Waals surface area (Å²) in [5.74, 6) is -0.243. The van der Waals surface area contributed by atoms with E-state index in [2.05, 4.69) is 43.2 Å². The second-order valence-corrected chi connectivity index (χ2v) is 5.77. The molecule has 0 fully saturated rings. The molecule has 0 heterocycles. The molecule has 0 saturated heterocycles. The average molecular weight is 373 g/mol. The van der Waals surface area contributed by atoms with Gasteiger partial charge in [0.15, 0.2) is 0 Å². The highest BCUT2D eigenvalue weighted by Crippen LogP contribution is 2.24. The van der Waals surface area contributed by atoms with E-state index < -0.39 is 0 Å². The van der Waals surface area contributed by atoms with E-state index in [1.54, 1.807) is 6.07 Å². The fraction of sp³-hybridized carbons (Fsp3) is 0.143. The van der Waals surface area contributed by atoms with E-state index in [-0.39, 0.29) is 5.82 Å². The van der Waals surface area contributed by atoms with E-state index >= 15 is 0 Å². The Labute approximate surface area is 123 Å². The third-order valence-electron chi connectivity index (χ3n) is 2.63. The first-order chi connectivity index (χ1) is 8.56. The number of hydrogen-bond donors (Lipinski definition) is 1. The Kier molecular flexibility index (Phi) is 4.40. The van der Waals surface area contributed by atoms with Gasteiger partial charge < -0.3 is 5.32 Å². The highest BCUT2D eigenvalue weighted by atomic mass is 79.9. The lowest BCUT2D eigenvalue weighted by molar-refractivity contribution is 0.628. The molecular weight excluding hydrogens is 361 g/mol. The summed E-state index contributed by atoms with van der Waals surface area (Å²) in [7, 11) is 0. The minimum atomic E-state index is -0.243. The van der Waals surface area contributed by atoms with Crippen LogP contribution in [0.1, 0.15) is 11.1 Å². The number of benzene rings is 2. The van der Waals surface area contributed by atoms with E-state index in [9.17, 15) is 4.39 Å². The standard InChI is InChI=1S/C14H12Br2FN/c1-9-6-10(2-4-12(9)15)8-18-14-7-11(17)3-5-13(14)16/h2-7,18H,8H2,1H3. The van der Waals surface area contributed by atoms with Crippen molar-refractivity contribution < 1.29 is 4.39 Å². The monoisotopic (exact) mass is 371 g/mol. The minimum Gasteiger partial charge on any atom is -0.380 e. The molecule has 18 heavy (non-hydrogen) atoms. The Hall–Kier alpha value is -0.870. The summed E-state index contributed by atoms with van der Waals surface area (Å²) in [5, 5.41) is 3.21. The van der Waals surface area contributed by atoms with Crippen molar-refractivity contribution in [3.63, 3.8) is 0 Å². The van der Waals surface area contributed by atoms with Gasteiger partial charge in [0.2, 0.25) is 0 Å². The number of aryl methyl sites for hydroxylation is 1. The summed E-state index contributed by atoms with van der Waals surface area (Å²) >= 11 is 6.86. The van der Waals surface area contributed by atoms with Crippen LogP contribution in [0.2, 0.25) is 0 Å². The quantitative estimate of drug-likeness (QED) is 0.773. The lowest BCUT2D eigenvalue weighted by atomic mass is 10.1. The van der Waals surface area contributed by atoms with Crippen LogP contribution in [-0.2, 0) is 6.54 Å². The van der Waals surface area contributed by atoms with Gasteiger partial charge in [-0.1, -0.05) is 28.1 Å². The van der Waals surface area contributed by atoms with Crippen LogP contribution < -0.4 is 5.32 Å². The molecule has 0 amide bonds. The third-order valence-corrected chi connectivity index (χ3v) is 4.21. The van der Waals surface area contributed by atoms with E-state index in [0.29, 0.717) is 6.54 Å². The van der Waals surface area contributed by atoms with Crippen molar-refractivity contribution in [2.75, 3.05) is 5.32 Å². The van der Waals surface area contributed by atoms with Crippen LogP contribution in [0.5, 0.6) is 0 Å². The third kappa shape index (κ3) is 3.33. The second-order valence-electron chi connectivity index (χ2n) is 4.06. The molecule has 1 N–H and O–H groups in total. The molecule has 4 heteroatoms. The number of hydrogen-bond acceptors (Lipinski definition) is 1. The van der Waals surface area contributed by atoms with E-state index in [1.807, 2.05) is 19.1 Å². The van der Waals surface area contributed by atoms with Gasteiger partial charge >= 0.3 is 0 Å². The van der Waals surface area contributed by atoms with Crippen molar-refractivity contribution in [1.82, 2.24) is 0 Å². The van der Waals surface area contributed by atoms with Crippen molar-refractivity contribution in [3.05, 3.63) is 62.3 Å². The molecule has 0 atom stereocenters. The molecule has 2 rings (SSSR count). The number of halogens is 3. The normalized spacial score (nSPS) is 10.4. The van der Waals surface area contributed by atoms with Crippen LogP contribution in [0.15, 0.2) is 45.3 Å². The SMILES string of the molecule is Cc1cc(CNc2cc(F)ccc2Br)ccc1Br. The topological polar surface area (TPSA) is 12.0 Å². The maximum Gasteiger partial charge on any atom is 0.125 e. The molecule has 0 bridgehead atoms. The highest BCUT2D eigenvalue weighted by Gasteiger charge is 2.02. The number of nitrogens with one attached hydrogen (secondary N) is 1. The Morgan fingerprint density at radius 1 is 1.06 bits per heavy atom. The van der Waals surface area contributed by atoms with Crippen LogP contribution >= 0.6 is 31.9 Å². The molecule has 0 radical (unpaired) electrons. The maximum absolute atomic E-state index is 13.1. The van der Waals surface area contributed by atoms with E-state index in [0.717, 1.165) is 20.2 Å². The zero-order valence-corrected chi connectivity index (χ0v) is 13.0. The van der Waals surface area contributed by atoms with Crippen molar-refractivity contribution in [3.8, 4) is 0 Å². The lowest BCUT2D eigenvalue weighted by Gasteiger charge is -2.10. The van der Waals surface area contributed by atoms with Gasteiger partial charge in [0, 0.05) is 15.5 Å². The average Bonchev–Trinajstić information content (AvgIpc) is 2.34. The molecular formula is C14H12Br2FN. The highest BCUT2D eigenvalue weighted by molar-refractivity contribution is 9.10. The Morgan fingerprint density at radius 3 is 2.50 bits per heavy atom. The largest absolute Gasteiger partial charge is 0.380 e. The van der Waals surface area contributed by atoms with Gasteiger partial charge in [-0.3, -0.25) is 0 Å². The molecule has 0 saturated carbocycles. The molecule has 0 aromatic heterocycles. The van der Waals surface area contributed by atoms with E-state index in [4.69, 9.17) is 0 Å². The molecule has 2 aromatic carbocycles. The summed E-state index contributed by atoms with van der Waals surface area (Å²) < 4.78 is 15.1. The van der Waals surface area contributed by atoms with Gasteiger partial charge in [-0.05, 0) is 58.2 Å². The predicted octanol–water partition coefficient (Wildman–Crippen LogP) is 5.27. The smallest absolute Gasteiger partial charge is 0.125 e. The first kappa shape index (κ1) is 13.6. The van der Waals surface area contributed by atoms with Gasteiger partial charge in [-0.15, -0.1) is 0 Å². The number of anilines is 1. The Morgan fingerprint density at radius 2 is 1.78 bits per heavy atom. The van der Waals surface area contributed by atoms with Gasteiger partial charge in [0.1, 0.15) is 5.82 Å². The molecule has 0 aliphatic rings. The summed E-state index contributed by atoms with van der Waals surface area (Å²) in [6.45, 7) is 2.71. The summed E-state index contributed by atoms with van der Waals surface area (Å²) in [6.07, 6.45) is 0. The molecule has 0 aliphatic carbocycles. The summed E-state index contributed by atoms with van der Waals surface area (Å²) in [4.78, 5) is 0. The zero-order chi connectivity index (χ0) is 13.1. The molecule has 0 spiro atoms. The van der Waals surface area contributed by atoms with Crippen molar-refractivity contribution >= 4 is 37.5 Å². The fourth-order valence-corrected chi connectivity index (χ4v) is 2.28. The molecule has 0 unspecified atom stereocenters. The zero-order valence-electron chi connectivity index (χ0n) is 9.81. The van der Waals surface area contributed by atoms with Gasteiger partial charge in [-0.25, -0.2) is 4.39 Å². The molecule has 1 nitrogen and oxygen atoms in total. The lowest BCUT2D eigenvalue weighted by Crippen LogP contribution is -2.00. The van der Waals surface area contributed by atoms with Gasteiger partial charge in [-0.2, -0.15) is 0 Å². The minimum absolute atomic E-state index is 0.243. The van der Waals surface area contributed by atoms with Crippen molar-refractivity contribution in [1.29, 1.82) is 0 Å². The second kappa shape index (κ2) is 5.85. The molecule has 2 aromatic rings. The van der Waals surface area contributed by atoms with Crippen LogP contribution in [0.3, 0.4) is 0 Å². The molecule has 94 valence electrons. The summed E-state index contributed by atoms with van der Waals surface area (Å²) in [5.41, 5.74) is 3.11. The van der Waals surface area contributed by atoms with Crippen LogP contribution in [0.4, 0.5) is 10.1 Å². The van der Waals surface area contributed by atoms with Crippen molar-refractivity contribution in [2.45, 2.75) is 13.5 Å². The molecule has 0 aliphatic heterocycles. The Balaban J connectivity index is 2.11. The maximum atomic E-state index is 13.1. The Bertz CT molecular complexity index is 570. The van der Waals surface area contributed by atoms with Crippen LogP contribution in [0, 0.1) is 12.7 Å². The first-order valence-corrected chi connectivity index (χ1v) is 7.09. The van der Waals surface area contributed by atoms with Gasteiger partial charge in [0.25, 0.3) is 0 Å². The fourth-order valence-electron chi connectivity index (χ4n) is 1.65. The summed E-state index contributed by atoms with van der Waals surface area (Å²) in [6, 6.07) is 10.8. The van der Waals surface area contributed by atoms with Crippen LogP contribution in [0.25, 0.3) is 0 Å². The first-order valence-electron chi connectivity index (χ1n) is 5.50. The van der Waals surface area contributed by atoms with Crippen LogP contribution in [-0.4, -0.2) is 0 Å². The van der Waals surface area contributed by atoms with E-state index in [1.165, 1.54) is 17.7 Å². The predicted molar refractivity (Wildman–Crippen MR) is 80.3 cm³/mol. The number of rotatable bonds is 3.